The molecule has 0 aliphatic heterocycles. The molecule has 3 aromatic carbocycles. The molecule has 27 heavy (non-hydrogen) atoms. The number of rotatable bonds is 4. The Bertz CT molecular complexity index is 961. The fraction of sp³-hybridized carbons (Fsp3) is 0. The number of para-hydroxylation sites is 1. The Hall–Kier alpha value is -3.02. The van der Waals surface area contributed by atoms with Crippen LogP contribution in [0, 0.1) is 0 Å². The van der Waals surface area contributed by atoms with E-state index in [2.05, 4.69) is 10.6 Å². The summed E-state index contributed by atoms with van der Waals surface area (Å²) in [7, 11) is 0. The van der Waals surface area contributed by atoms with Gasteiger partial charge in [-0.1, -0.05) is 41.4 Å². The minimum Gasteiger partial charge on any atom is -0.457 e. The quantitative estimate of drug-likeness (QED) is 0.578. The van der Waals surface area contributed by atoms with Gasteiger partial charge in [0, 0.05) is 10.7 Å². The van der Waals surface area contributed by atoms with Crippen molar-refractivity contribution in [2.24, 2.45) is 0 Å². The number of anilines is 2. The van der Waals surface area contributed by atoms with E-state index >= 15 is 0 Å². The van der Waals surface area contributed by atoms with Crippen LogP contribution in [-0.2, 0) is 9.59 Å². The number of benzene rings is 3. The summed E-state index contributed by atoms with van der Waals surface area (Å²) in [5.41, 5.74) is 0.712. The summed E-state index contributed by atoms with van der Waals surface area (Å²) < 4.78 is 5.67. The van der Waals surface area contributed by atoms with Crippen LogP contribution in [-0.4, -0.2) is 11.8 Å². The SMILES string of the molecule is O=C(Nc1ccc(Oc2ccccc2)cc1)C(=O)Nc1cc(Cl)ccc1Cl. The van der Waals surface area contributed by atoms with Crippen LogP contribution in [0.3, 0.4) is 0 Å². The van der Waals surface area contributed by atoms with Crippen LogP contribution < -0.4 is 15.4 Å². The molecule has 3 rings (SSSR count). The van der Waals surface area contributed by atoms with Gasteiger partial charge in [-0.15, -0.1) is 0 Å². The molecule has 2 amide bonds. The third-order valence-electron chi connectivity index (χ3n) is 3.47. The second kappa shape index (κ2) is 8.58. The summed E-state index contributed by atoms with van der Waals surface area (Å²) in [4.78, 5) is 24.1. The molecule has 0 atom stereocenters. The van der Waals surface area contributed by atoms with Crippen molar-refractivity contribution in [1.29, 1.82) is 0 Å². The maximum absolute atomic E-state index is 12.1. The van der Waals surface area contributed by atoms with Gasteiger partial charge in [-0.2, -0.15) is 0 Å². The van der Waals surface area contributed by atoms with Gasteiger partial charge in [0.05, 0.1) is 10.7 Å². The highest BCUT2D eigenvalue weighted by molar-refractivity contribution is 6.45. The number of hydrogen-bond donors (Lipinski definition) is 2. The van der Waals surface area contributed by atoms with Crippen molar-refractivity contribution in [2.45, 2.75) is 0 Å². The van der Waals surface area contributed by atoms with E-state index in [4.69, 9.17) is 27.9 Å². The van der Waals surface area contributed by atoms with E-state index in [0.29, 0.717) is 22.2 Å². The number of nitrogens with one attached hydrogen (secondary N) is 2. The highest BCUT2D eigenvalue weighted by atomic mass is 35.5. The van der Waals surface area contributed by atoms with Crippen LogP contribution in [0.4, 0.5) is 11.4 Å². The smallest absolute Gasteiger partial charge is 0.314 e. The van der Waals surface area contributed by atoms with Gasteiger partial charge in [-0.25, -0.2) is 0 Å². The third-order valence-corrected chi connectivity index (χ3v) is 4.04. The van der Waals surface area contributed by atoms with E-state index in [0.717, 1.165) is 0 Å². The van der Waals surface area contributed by atoms with Crippen LogP contribution in [0.1, 0.15) is 0 Å². The van der Waals surface area contributed by atoms with Gasteiger partial charge in [-0.3, -0.25) is 9.59 Å². The van der Waals surface area contributed by atoms with Gasteiger partial charge >= 0.3 is 11.8 Å². The molecule has 0 unspecified atom stereocenters. The molecule has 0 heterocycles. The predicted molar refractivity (Wildman–Crippen MR) is 107 cm³/mol. The van der Waals surface area contributed by atoms with E-state index in [1.807, 2.05) is 30.3 Å². The largest absolute Gasteiger partial charge is 0.457 e. The van der Waals surface area contributed by atoms with Gasteiger partial charge in [0.2, 0.25) is 0 Å². The summed E-state index contributed by atoms with van der Waals surface area (Å²) in [6.45, 7) is 0. The Balaban J connectivity index is 1.60. The molecule has 0 aliphatic rings. The zero-order chi connectivity index (χ0) is 19.2. The second-order valence-electron chi connectivity index (χ2n) is 5.47. The molecule has 7 heteroatoms. The van der Waals surface area contributed by atoms with Crippen LogP contribution in [0.15, 0.2) is 72.8 Å². The molecule has 0 aliphatic carbocycles. The summed E-state index contributed by atoms with van der Waals surface area (Å²) in [5, 5.41) is 5.60. The first kappa shape index (κ1) is 18.8. The molecule has 0 fully saturated rings. The topological polar surface area (TPSA) is 67.4 Å². The molecule has 5 nitrogen and oxygen atoms in total. The lowest BCUT2D eigenvalue weighted by Gasteiger charge is -2.09. The summed E-state index contributed by atoms with van der Waals surface area (Å²) in [6, 6.07) is 20.5. The van der Waals surface area contributed by atoms with E-state index in [1.165, 1.54) is 12.1 Å². The normalized spacial score (nSPS) is 10.1. The molecule has 2 N–H and O–H groups in total. The van der Waals surface area contributed by atoms with E-state index in [9.17, 15) is 9.59 Å². The monoisotopic (exact) mass is 400 g/mol. The average Bonchev–Trinajstić information content (AvgIpc) is 2.67. The van der Waals surface area contributed by atoms with Crippen LogP contribution in [0.25, 0.3) is 0 Å². The molecular formula is C20H14Cl2N2O3. The highest BCUT2D eigenvalue weighted by Crippen LogP contribution is 2.26. The van der Waals surface area contributed by atoms with Gasteiger partial charge in [0.25, 0.3) is 0 Å². The standard InChI is InChI=1S/C20H14Cl2N2O3/c21-13-6-11-17(22)18(12-13)24-20(26)19(25)23-14-7-9-16(10-8-14)27-15-4-2-1-3-5-15/h1-12H,(H,23,25)(H,24,26). The van der Waals surface area contributed by atoms with Crippen LogP contribution >= 0.6 is 23.2 Å². The fourth-order valence-electron chi connectivity index (χ4n) is 2.19. The summed E-state index contributed by atoms with van der Waals surface area (Å²) in [5.74, 6) is -0.382. The Morgan fingerprint density at radius 2 is 1.37 bits per heavy atom. The molecule has 3 aromatic rings. The molecule has 0 aromatic heterocycles. The summed E-state index contributed by atoms with van der Waals surface area (Å²) in [6.07, 6.45) is 0. The van der Waals surface area contributed by atoms with Gasteiger partial charge in [0.15, 0.2) is 0 Å². The van der Waals surface area contributed by atoms with Crippen molar-refractivity contribution in [2.75, 3.05) is 10.6 Å². The second-order valence-corrected chi connectivity index (χ2v) is 6.32. The molecular weight excluding hydrogens is 387 g/mol. The van der Waals surface area contributed by atoms with Crippen molar-refractivity contribution in [1.82, 2.24) is 0 Å². The number of ether oxygens (including phenoxy) is 1. The predicted octanol–water partition coefficient (Wildman–Crippen LogP) is 5.36. The Morgan fingerprint density at radius 1 is 0.741 bits per heavy atom. The molecule has 0 saturated carbocycles. The maximum Gasteiger partial charge on any atom is 0.314 e. The fourth-order valence-corrected chi connectivity index (χ4v) is 2.53. The van der Waals surface area contributed by atoms with Crippen LogP contribution in [0.5, 0.6) is 11.5 Å². The van der Waals surface area contributed by atoms with E-state index in [-0.39, 0.29) is 10.7 Å². The lowest BCUT2D eigenvalue weighted by Crippen LogP contribution is -2.29. The zero-order valence-electron chi connectivity index (χ0n) is 13.9. The highest BCUT2D eigenvalue weighted by Gasteiger charge is 2.15. The number of carbonyl (C=O) groups excluding carboxylic acids is 2. The number of hydrogen-bond acceptors (Lipinski definition) is 3. The average molecular weight is 401 g/mol. The molecule has 0 spiro atoms. The van der Waals surface area contributed by atoms with Crippen LogP contribution in [0.2, 0.25) is 10.0 Å². The first-order valence-electron chi connectivity index (χ1n) is 7.91. The molecule has 0 radical (unpaired) electrons. The lowest BCUT2D eigenvalue weighted by atomic mass is 10.3. The van der Waals surface area contributed by atoms with Gasteiger partial charge in [-0.05, 0) is 54.6 Å². The maximum atomic E-state index is 12.1. The third kappa shape index (κ3) is 5.23. The first-order valence-corrected chi connectivity index (χ1v) is 8.67. The van der Waals surface area contributed by atoms with E-state index in [1.54, 1.807) is 30.3 Å². The van der Waals surface area contributed by atoms with Crippen molar-refractivity contribution in [3.63, 3.8) is 0 Å². The molecule has 136 valence electrons. The number of halogens is 2. The zero-order valence-corrected chi connectivity index (χ0v) is 15.4. The van der Waals surface area contributed by atoms with Gasteiger partial charge < -0.3 is 15.4 Å². The van der Waals surface area contributed by atoms with Crippen molar-refractivity contribution >= 4 is 46.4 Å². The van der Waals surface area contributed by atoms with Crippen molar-refractivity contribution in [3.05, 3.63) is 82.8 Å². The van der Waals surface area contributed by atoms with Gasteiger partial charge in [0.1, 0.15) is 11.5 Å². The molecule has 0 saturated heterocycles. The van der Waals surface area contributed by atoms with Crippen molar-refractivity contribution in [3.8, 4) is 11.5 Å². The number of amides is 2. The Kier molecular flexibility index (Phi) is 5.96. The Labute approximate surface area is 165 Å². The summed E-state index contributed by atoms with van der Waals surface area (Å²) >= 11 is 11.8. The van der Waals surface area contributed by atoms with E-state index < -0.39 is 11.8 Å². The first-order chi connectivity index (χ1) is 13.0. The Morgan fingerprint density at radius 3 is 2.07 bits per heavy atom. The van der Waals surface area contributed by atoms with Crippen molar-refractivity contribution < 1.29 is 14.3 Å². The minimum absolute atomic E-state index is 0.260. The molecule has 0 bridgehead atoms. The number of carbonyl (C=O) groups is 2. The minimum atomic E-state index is -0.858. The lowest BCUT2D eigenvalue weighted by molar-refractivity contribution is -0.132.